The van der Waals surface area contributed by atoms with E-state index in [0.717, 1.165) is 0 Å². The molecule has 1 atom stereocenters. The topological polar surface area (TPSA) is 67.8 Å². The molecule has 1 unspecified atom stereocenters. The molecule has 0 spiro atoms. The van der Waals surface area contributed by atoms with Gasteiger partial charge in [-0.15, -0.1) is 0 Å². The molecule has 2 N–H and O–H groups in total. The van der Waals surface area contributed by atoms with Gasteiger partial charge in [-0.1, -0.05) is 19.9 Å². The Kier molecular flexibility index (Phi) is 6.31. The Morgan fingerprint density at radius 2 is 2.10 bits per heavy atom. The molecule has 1 aromatic carbocycles. The molecule has 0 amide bonds. The second-order valence-corrected chi connectivity index (χ2v) is 4.92. The van der Waals surface area contributed by atoms with Crippen LogP contribution in [-0.2, 0) is 9.53 Å². The second-order valence-electron chi connectivity index (χ2n) is 4.92. The van der Waals surface area contributed by atoms with E-state index in [1.807, 2.05) is 0 Å². The van der Waals surface area contributed by atoms with Gasteiger partial charge in [0.25, 0.3) is 0 Å². The van der Waals surface area contributed by atoms with Gasteiger partial charge in [0.2, 0.25) is 0 Å². The van der Waals surface area contributed by atoms with Gasteiger partial charge in [0.05, 0.1) is 13.7 Å². The molecule has 112 valence electrons. The van der Waals surface area contributed by atoms with Gasteiger partial charge in [0.15, 0.2) is 11.5 Å². The minimum absolute atomic E-state index is 0.00523. The van der Waals surface area contributed by atoms with Crippen molar-refractivity contribution in [2.24, 2.45) is 5.92 Å². The van der Waals surface area contributed by atoms with E-state index in [-0.39, 0.29) is 11.7 Å². The lowest BCUT2D eigenvalue weighted by atomic mass is 10.1. The number of methoxy groups -OCH3 is 1. The van der Waals surface area contributed by atoms with Crippen LogP contribution in [0.3, 0.4) is 0 Å². The van der Waals surface area contributed by atoms with Crippen LogP contribution in [0.25, 0.3) is 0 Å². The van der Waals surface area contributed by atoms with Crippen LogP contribution in [-0.4, -0.2) is 31.3 Å². The molecule has 0 fully saturated rings. The Balaban J connectivity index is 2.96. The first kappa shape index (κ1) is 16.3. The van der Waals surface area contributed by atoms with Crippen LogP contribution in [0, 0.1) is 5.92 Å². The maximum Gasteiger partial charge on any atom is 0.327 e. The highest BCUT2D eigenvalue weighted by atomic mass is 16.5. The minimum atomic E-state index is -0.589. The zero-order valence-corrected chi connectivity index (χ0v) is 12.5. The fraction of sp³-hybridized carbons (Fsp3) is 0.533. The van der Waals surface area contributed by atoms with Crippen molar-refractivity contribution >= 4 is 5.97 Å². The fourth-order valence-electron chi connectivity index (χ4n) is 1.80. The summed E-state index contributed by atoms with van der Waals surface area (Å²) in [4.78, 5) is 12.0. The first-order valence-corrected chi connectivity index (χ1v) is 6.76. The van der Waals surface area contributed by atoms with Crippen molar-refractivity contribution in [1.29, 1.82) is 0 Å². The molecule has 20 heavy (non-hydrogen) atoms. The summed E-state index contributed by atoms with van der Waals surface area (Å²) in [6.07, 6.45) is 0. The van der Waals surface area contributed by atoms with Crippen molar-refractivity contribution in [2.75, 3.05) is 20.3 Å². The van der Waals surface area contributed by atoms with Crippen LogP contribution in [0.5, 0.6) is 11.5 Å². The molecule has 0 heterocycles. The molecule has 0 saturated carbocycles. The third-order valence-electron chi connectivity index (χ3n) is 2.79. The summed E-state index contributed by atoms with van der Waals surface area (Å²) < 4.78 is 10.1. The number of carbonyl (C=O) groups is 1. The molecular formula is C15H23NO4. The Bertz CT molecular complexity index is 445. The number of benzene rings is 1. The van der Waals surface area contributed by atoms with Crippen LogP contribution in [0.4, 0.5) is 0 Å². The quantitative estimate of drug-likeness (QED) is 0.750. The fourth-order valence-corrected chi connectivity index (χ4v) is 1.80. The lowest BCUT2D eigenvalue weighted by molar-refractivity contribution is -0.145. The van der Waals surface area contributed by atoms with E-state index in [2.05, 4.69) is 19.2 Å². The van der Waals surface area contributed by atoms with E-state index in [1.165, 1.54) is 13.2 Å². The standard InChI is InChI=1S/C15H23NO4/c1-5-20-15(18)14(16-9-10(2)3)11-6-7-13(19-4)12(17)8-11/h6-8,10,14,16-17H,5,9H2,1-4H3. The monoisotopic (exact) mass is 281 g/mol. The van der Waals surface area contributed by atoms with E-state index < -0.39 is 6.04 Å². The smallest absolute Gasteiger partial charge is 0.327 e. The van der Waals surface area contributed by atoms with Crippen molar-refractivity contribution in [1.82, 2.24) is 5.32 Å². The molecule has 0 aromatic heterocycles. The van der Waals surface area contributed by atoms with E-state index in [4.69, 9.17) is 9.47 Å². The van der Waals surface area contributed by atoms with Crippen molar-refractivity contribution in [3.63, 3.8) is 0 Å². The lowest BCUT2D eigenvalue weighted by Gasteiger charge is -2.19. The molecule has 0 saturated heterocycles. The summed E-state index contributed by atoms with van der Waals surface area (Å²) in [5, 5.41) is 13.0. The van der Waals surface area contributed by atoms with Gasteiger partial charge in [-0.05, 0) is 37.1 Å². The highest BCUT2D eigenvalue weighted by molar-refractivity contribution is 5.78. The number of phenols is 1. The zero-order chi connectivity index (χ0) is 15.1. The molecule has 0 bridgehead atoms. The number of esters is 1. The van der Waals surface area contributed by atoms with Crippen LogP contribution in [0.1, 0.15) is 32.4 Å². The summed E-state index contributed by atoms with van der Waals surface area (Å²) >= 11 is 0. The molecule has 0 aliphatic heterocycles. The first-order valence-electron chi connectivity index (χ1n) is 6.76. The SMILES string of the molecule is CCOC(=O)C(NCC(C)C)c1ccc(OC)c(O)c1. The molecular weight excluding hydrogens is 258 g/mol. The average Bonchev–Trinajstić information content (AvgIpc) is 2.39. The molecule has 1 aromatic rings. The zero-order valence-electron chi connectivity index (χ0n) is 12.5. The van der Waals surface area contributed by atoms with Gasteiger partial charge in [0, 0.05) is 0 Å². The van der Waals surface area contributed by atoms with Gasteiger partial charge < -0.3 is 19.9 Å². The van der Waals surface area contributed by atoms with Crippen LogP contribution >= 0.6 is 0 Å². The third-order valence-corrected chi connectivity index (χ3v) is 2.79. The lowest BCUT2D eigenvalue weighted by Crippen LogP contribution is -2.32. The van der Waals surface area contributed by atoms with Crippen molar-refractivity contribution in [3.05, 3.63) is 23.8 Å². The number of rotatable bonds is 7. The number of hydrogen-bond acceptors (Lipinski definition) is 5. The Morgan fingerprint density at radius 1 is 1.40 bits per heavy atom. The third kappa shape index (κ3) is 4.42. The highest BCUT2D eigenvalue weighted by Crippen LogP contribution is 2.29. The Morgan fingerprint density at radius 3 is 2.60 bits per heavy atom. The van der Waals surface area contributed by atoms with Crippen LogP contribution in [0.2, 0.25) is 0 Å². The van der Waals surface area contributed by atoms with E-state index in [0.29, 0.717) is 30.4 Å². The molecule has 0 aliphatic rings. The summed E-state index contributed by atoms with van der Waals surface area (Å²) in [7, 11) is 1.48. The van der Waals surface area contributed by atoms with Gasteiger partial charge in [0.1, 0.15) is 6.04 Å². The average molecular weight is 281 g/mol. The van der Waals surface area contributed by atoms with Gasteiger partial charge >= 0.3 is 5.97 Å². The van der Waals surface area contributed by atoms with E-state index in [1.54, 1.807) is 19.1 Å². The highest BCUT2D eigenvalue weighted by Gasteiger charge is 2.22. The number of aromatic hydroxyl groups is 1. The van der Waals surface area contributed by atoms with Gasteiger partial charge in [-0.25, -0.2) is 4.79 Å². The molecule has 0 radical (unpaired) electrons. The largest absolute Gasteiger partial charge is 0.504 e. The number of hydrogen-bond donors (Lipinski definition) is 2. The van der Waals surface area contributed by atoms with Crippen LogP contribution < -0.4 is 10.1 Å². The van der Waals surface area contributed by atoms with Crippen molar-refractivity contribution in [2.45, 2.75) is 26.8 Å². The summed E-state index contributed by atoms with van der Waals surface area (Å²) in [6.45, 7) is 6.88. The minimum Gasteiger partial charge on any atom is -0.504 e. The number of nitrogens with one attached hydrogen (secondary N) is 1. The number of phenolic OH excluding ortho intramolecular Hbond substituents is 1. The predicted octanol–water partition coefficient (Wildman–Crippen LogP) is 2.25. The summed E-state index contributed by atoms with van der Waals surface area (Å²) in [6, 6.07) is 4.31. The van der Waals surface area contributed by atoms with Gasteiger partial charge in [-0.2, -0.15) is 0 Å². The van der Waals surface area contributed by atoms with E-state index >= 15 is 0 Å². The normalized spacial score (nSPS) is 12.2. The van der Waals surface area contributed by atoms with Crippen molar-refractivity contribution in [3.8, 4) is 11.5 Å². The molecule has 5 heteroatoms. The second kappa shape index (κ2) is 7.75. The maximum absolute atomic E-state index is 12.0. The van der Waals surface area contributed by atoms with Crippen molar-refractivity contribution < 1.29 is 19.4 Å². The summed E-state index contributed by atoms with van der Waals surface area (Å²) in [5.74, 6) is 0.433. The Labute approximate surface area is 119 Å². The molecule has 0 aliphatic carbocycles. The first-order chi connectivity index (χ1) is 9.49. The van der Waals surface area contributed by atoms with E-state index in [9.17, 15) is 9.90 Å². The maximum atomic E-state index is 12.0. The summed E-state index contributed by atoms with van der Waals surface area (Å²) in [5.41, 5.74) is 0.655. The number of ether oxygens (including phenoxy) is 2. The van der Waals surface area contributed by atoms with Crippen LogP contribution in [0.15, 0.2) is 18.2 Å². The Hall–Kier alpha value is -1.75. The number of carbonyl (C=O) groups excluding carboxylic acids is 1. The van der Waals surface area contributed by atoms with Gasteiger partial charge in [-0.3, -0.25) is 0 Å². The molecule has 1 rings (SSSR count). The predicted molar refractivity (Wildman–Crippen MR) is 76.9 cm³/mol. The molecule has 5 nitrogen and oxygen atoms in total.